The van der Waals surface area contributed by atoms with E-state index in [4.69, 9.17) is 9.72 Å². The third kappa shape index (κ3) is 4.78. The molecule has 5 nitrogen and oxygen atoms in total. The van der Waals surface area contributed by atoms with Gasteiger partial charge in [0.25, 0.3) is 0 Å². The molecule has 1 unspecified atom stereocenters. The predicted molar refractivity (Wildman–Crippen MR) is 132 cm³/mol. The number of benzene rings is 2. The number of rotatable bonds is 8. The molecule has 2 fully saturated rings. The van der Waals surface area contributed by atoms with Gasteiger partial charge in [0.15, 0.2) is 0 Å². The lowest BCUT2D eigenvalue weighted by Crippen LogP contribution is -2.37. The molecule has 1 saturated heterocycles. The van der Waals surface area contributed by atoms with E-state index >= 15 is 0 Å². The van der Waals surface area contributed by atoms with Crippen LogP contribution in [-0.2, 0) is 17.8 Å². The average molecular weight is 446 g/mol. The Bertz CT molecular complexity index is 1080. The molecule has 1 aliphatic carbocycles. The number of amides is 1. The Balaban J connectivity index is 1.28. The molecule has 0 bridgehead atoms. The molecule has 33 heavy (non-hydrogen) atoms. The number of nitrogens with zero attached hydrogens (tertiary/aromatic N) is 3. The van der Waals surface area contributed by atoms with Crippen LogP contribution in [0.5, 0.6) is 5.75 Å². The highest BCUT2D eigenvalue weighted by molar-refractivity contribution is 5.81. The predicted octanol–water partition coefficient (Wildman–Crippen LogP) is 5.72. The first-order valence-electron chi connectivity index (χ1n) is 12.7. The van der Waals surface area contributed by atoms with Gasteiger partial charge in [-0.15, -0.1) is 0 Å². The molecule has 2 aliphatic rings. The number of para-hydroxylation sites is 2. The van der Waals surface area contributed by atoms with Crippen molar-refractivity contribution in [2.75, 3.05) is 13.2 Å². The molecule has 1 saturated carbocycles. The topological polar surface area (TPSA) is 47.4 Å². The molecule has 1 aliphatic heterocycles. The van der Waals surface area contributed by atoms with Gasteiger partial charge < -0.3 is 14.2 Å². The Hall–Kier alpha value is -2.82. The van der Waals surface area contributed by atoms with Crippen molar-refractivity contribution in [2.24, 2.45) is 0 Å². The van der Waals surface area contributed by atoms with E-state index in [-0.39, 0.29) is 5.92 Å². The molecule has 1 amide bonds. The lowest BCUT2D eigenvalue weighted by atomic mass is 9.94. The summed E-state index contributed by atoms with van der Waals surface area (Å²) in [7, 11) is 0. The van der Waals surface area contributed by atoms with Crippen LogP contribution in [0, 0.1) is 0 Å². The summed E-state index contributed by atoms with van der Waals surface area (Å²) in [5.74, 6) is 2.47. The molecule has 1 atom stereocenters. The standard InChI is InChI=1S/C28H35N3O2/c1-2-21-13-15-24(16-14-21)33-18-8-17-30-26-12-7-6-11-25(26)29-28(30)22-19-27(32)31(20-22)23-9-4-3-5-10-23/h6-7,11-16,22-23H,2-5,8-10,17-20H2,1H3. The SMILES string of the molecule is CCc1ccc(OCCCn2c(C3CC(=O)N(C4CCCCC4)C3)nc3ccccc32)cc1. The lowest BCUT2D eigenvalue weighted by Gasteiger charge is -2.31. The third-order valence-electron chi connectivity index (χ3n) is 7.35. The number of aromatic nitrogens is 2. The maximum Gasteiger partial charge on any atom is 0.223 e. The van der Waals surface area contributed by atoms with Gasteiger partial charge in [-0.1, -0.05) is 50.5 Å². The van der Waals surface area contributed by atoms with Crippen LogP contribution in [0.15, 0.2) is 48.5 Å². The van der Waals surface area contributed by atoms with Gasteiger partial charge >= 0.3 is 0 Å². The number of carbonyl (C=O) groups is 1. The second kappa shape index (κ2) is 9.98. The van der Waals surface area contributed by atoms with E-state index in [0.29, 0.717) is 25.0 Å². The average Bonchev–Trinajstić information content (AvgIpc) is 3.43. The number of carbonyl (C=O) groups excluding carboxylic acids is 1. The van der Waals surface area contributed by atoms with Crippen molar-refractivity contribution < 1.29 is 9.53 Å². The summed E-state index contributed by atoms with van der Waals surface area (Å²) >= 11 is 0. The van der Waals surface area contributed by atoms with Crippen LogP contribution in [0.4, 0.5) is 0 Å². The van der Waals surface area contributed by atoms with Crippen molar-refractivity contribution in [3.63, 3.8) is 0 Å². The summed E-state index contributed by atoms with van der Waals surface area (Å²) in [5.41, 5.74) is 3.50. The Kier molecular flexibility index (Phi) is 6.65. The fourth-order valence-corrected chi connectivity index (χ4v) is 5.53. The summed E-state index contributed by atoms with van der Waals surface area (Å²) in [6.45, 7) is 4.48. The summed E-state index contributed by atoms with van der Waals surface area (Å²) in [6.07, 6.45) is 8.64. The number of imidazole rings is 1. The van der Waals surface area contributed by atoms with E-state index < -0.39 is 0 Å². The zero-order valence-electron chi connectivity index (χ0n) is 19.7. The highest BCUT2D eigenvalue weighted by atomic mass is 16.5. The Morgan fingerprint density at radius 2 is 1.82 bits per heavy atom. The minimum atomic E-state index is 0.175. The van der Waals surface area contributed by atoms with Crippen molar-refractivity contribution in [2.45, 2.75) is 76.8 Å². The number of hydrogen-bond donors (Lipinski definition) is 0. The minimum absolute atomic E-state index is 0.175. The van der Waals surface area contributed by atoms with E-state index in [1.54, 1.807) is 0 Å². The quantitative estimate of drug-likeness (QED) is 0.417. The maximum absolute atomic E-state index is 12.9. The van der Waals surface area contributed by atoms with Gasteiger partial charge in [-0.25, -0.2) is 4.98 Å². The third-order valence-corrected chi connectivity index (χ3v) is 7.35. The fourth-order valence-electron chi connectivity index (χ4n) is 5.53. The fraction of sp³-hybridized carbons (Fsp3) is 0.500. The zero-order chi connectivity index (χ0) is 22.6. The van der Waals surface area contributed by atoms with Crippen LogP contribution in [0.2, 0.25) is 0 Å². The lowest BCUT2D eigenvalue weighted by molar-refractivity contribution is -0.130. The van der Waals surface area contributed by atoms with Crippen molar-refractivity contribution in [1.29, 1.82) is 0 Å². The van der Waals surface area contributed by atoms with Gasteiger partial charge in [-0.3, -0.25) is 4.79 Å². The van der Waals surface area contributed by atoms with Crippen molar-refractivity contribution >= 4 is 16.9 Å². The van der Waals surface area contributed by atoms with E-state index in [0.717, 1.165) is 61.4 Å². The van der Waals surface area contributed by atoms with Crippen LogP contribution in [-0.4, -0.2) is 39.6 Å². The molecule has 5 rings (SSSR count). The molecule has 174 valence electrons. The molecule has 2 heterocycles. The van der Waals surface area contributed by atoms with Crippen molar-refractivity contribution in [3.05, 3.63) is 59.9 Å². The molecular weight excluding hydrogens is 410 g/mol. The second-order valence-electron chi connectivity index (χ2n) is 9.55. The Morgan fingerprint density at radius 1 is 1.03 bits per heavy atom. The summed E-state index contributed by atoms with van der Waals surface area (Å²) in [4.78, 5) is 20.1. The Labute approximate surface area is 196 Å². The molecule has 5 heteroatoms. The van der Waals surface area contributed by atoms with Gasteiger partial charge in [0.05, 0.1) is 17.6 Å². The molecule has 0 spiro atoms. The summed E-state index contributed by atoms with van der Waals surface area (Å²) in [6, 6.07) is 17.1. The molecule has 3 aromatic rings. The molecule has 0 N–H and O–H groups in total. The van der Waals surface area contributed by atoms with Gasteiger partial charge in [-0.2, -0.15) is 0 Å². The first-order valence-corrected chi connectivity index (χ1v) is 12.7. The largest absolute Gasteiger partial charge is 0.494 e. The Morgan fingerprint density at radius 3 is 2.61 bits per heavy atom. The number of likely N-dealkylation sites (tertiary alicyclic amines) is 1. The van der Waals surface area contributed by atoms with Crippen LogP contribution >= 0.6 is 0 Å². The number of hydrogen-bond acceptors (Lipinski definition) is 3. The summed E-state index contributed by atoms with van der Waals surface area (Å²) in [5, 5.41) is 0. The molecule has 0 radical (unpaired) electrons. The highest BCUT2D eigenvalue weighted by Gasteiger charge is 2.37. The maximum atomic E-state index is 12.9. The molecular formula is C28H35N3O2. The van der Waals surface area contributed by atoms with E-state index in [1.165, 1.54) is 24.8 Å². The first kappa shape index (κ1) is 22.0. The zero-order valence-corrected chi connectivity index (χ0v) is 19.7. The monoisotopic (exact) mass is 445 g/mol. The first-order chi connectivity index (χ1) is 16.2. The van der Waals surface area contributed by atoms with Gasteiger partial charge in [0.2, 0.25) is 5.91 Å². The van der Waals surface area contributed by atoms with Crippen molar-refractivity contribution in [1.82, 2.24) is 14.5 Å². The number of fused-ring (bicyclic) bond motifs is 1. The van der Waals surface area contributed by atoms with Gasteiger partial charge in [0.1, 0.15) is 11.6 Å². The molecule has 2 aromatic carbocycles. The summed E-state index contributed by atoms with van der Waals surface area (Å²) < 4.78 is 8.33. The smallest absolute Gasteiger partial charge is 0.223 e. The van der Waals surface area contributed by atoms with E-state index in [2.05, 4.69) is 58.9 Å². The molecule has 1 aromatic heterocycles. The van der Waals surface area contributed by atoms with Crippen LogP contribution in [0.25, 0.3) is 11.0 Å². The van der Waals surface area contributed by atoms with E-state index in [1.807, 2.05) is 6.07 Å². The number of aryl methyl sites for hydroxylation is 2. The van der Waals surface area contributed by atoms with Crippen LogP contribution in [0.3, 0.4) is 0 Å². The second-order valence-corrected chi connectivity index (χ2v) is 9.55. The van der Waals surface area contributed by atoms with Gasteiger partial charge in [0, 0.05) is 31.5 Å². The van der Waals surface area contributed by atoms with Crippen molar-refractivity contribution in [3.8, 4) is 5.75 Å². The number of ether oxygens (including phenoxy) is 1. The highest BCUT2D eigenvalue weighted by Crippen LogP contribution is 2.34. The minimum Gasteiger partial charge on any atom is -0.494 e. The van der Waals surface area contributed by atoms with Gasteiger partial charge in [-0.05, 0) is 55.5 Å². The normalized spacial score (nSPS) is 19.5. The van der Waals surface area contributed by atoms with E-state index in [9.17, 15) is 4.79 Å². The van der Waals surface area contributed by atoms with Crippen LogP contribution in [0.1, 0.15) is 69.2 Å². The van der Waals surface area contributed by atoms with Crippen LogP contribution < -0.4 is 4.74 Å².